The number of carbonyl (C=O) groups is 1. The highest BCUT2D eigenvalue weighted by atomic mass is 16.5. The van der Waals surface area contributed by atoms with Crippen LogP contribution in [0.1, 0.15) is 33.6 Å². The van der Waals surface area contributed by atoms with Crippen molar-refractivity contribution < 1.29 is 9.53 Å². The van der Waals surface area contributed by atoms with Gasteiger partial charge in [-0.1, -0.05) is 11.6 Å². The molecule has 0 bridgehead atoms. The zero-order valence-corrected chi connectivity index (χ0v) is 10.9. The maximum Gasteiger partial charge on any atom is 0.410 e. The highest BCUT2D eigenvalue weighted by Gasteiger charge is 2.33. The van der Waals surface area contributed by atoms with E-state index in [2.05, 4.69) is 6.07 Å². The lowest BCUT2D eigenvalue weighted by Crippen LogP contribution is -2.48. The number of rotatable bonds is 2. The largest absolute Gasteiger partial charge is 0.453 e. The van der Waals surface area contributed by atoms with Crippen LogP contribution in [0.15, 0.2) is 11.6 Å². The first kappa shape index (κ1) is 13.6. The van der Waals surface area contributed by atoms with E-state index in [4.69, 9.17) is 4.74 Å². The van der Waals surface area contributed by atoms with E-state index in [-0.39, 0.29) is 24.1 Å². The van der Waals surface area contributed by atoms with E-state index in [0.29, 0.717) is 0 Å². The summed E-state index contributed by atoms with van der Waals surface area (Å²) in [4.78, 5) is 13.4. The number of methoxy groups -OCH3 is 1. The Kier molecular flexibility index (Phi) is 4.56. The van der Waals surface area contributed by atoms with Crippen molar-refractivity contribution in [1.82, 2.24) is 4.90 Å². The summed E-state index contributed by atoms with van der Waals surface area (Å²) in [6, 6.07) is 2.15. The summed E-state index contributed by atoms with van der Waals surface area (Å²) in [6.07, 6.45) is 3.40. The number of hydrogen-bond donors (Lipinski definition) is 0. The minimum atomic E-state index is -0.365. The fourth-order valence-corrected chi connectivity index (χ4v) is 2.24. The average molecular weight is 236 g/mol. The highest BCUT2D eigenvalue weighted by molar-refractivity contribution is 5.68. The van der Waals surface area contributed by atoms with Gasteiger partial charge in [0.2, 0.25) is 0 Å². The van der Waals surface area contributed by atoms with Crippen LogP contribution in [0.5, 0.6) is 0 Å². The van der Waals surface area contributed by atoms with Gasteiger partial charge in [-0.15, -0.1) is 0 Å². The molecule has 0 spiro atoms. The van der Waals surface area contributed by atoms with E-state index in [9.17, 15) is 10.1 Å². The molecular formula is C13H20N2O2. The Labute approximate surface area is 103 Å². The van der Waals surface area contributed by atoms with Crippen LogP contribution >= 0.6 is 0 Å². The van der Waals surface area contributed by atoms with Gasteiger partial charge in [-0.25, -0.2) is 4.79 Å². The van der Waals surface area contributed by atoms with Gasteiger partial charge in [-0.2, -0.15) is 5.26 Å². The van der Waals surface area contributed by atoms with E-state index >= 15 is 0 Å². The van der Waals surface area contributed by atoms with E-state index < -0.39 is 0 Å². The summed E-state index contributed by atoms with van der Waals surface area (Å²) in [5, 5.41) is 9.17. The maximum absolute atomic E-state index is 11.8. The Morgan fingerprint density at radius 1 is 1.65 bits per heavy atom. The molecule has 4 heteroatoms. The number of amides is 1. The molecule has 0 heterocycles. The lowest BCUT2D eigenvalue weighted by atomic mass is 9.85. The van der Waals surface area contributed by atoms with E-state index in [1.54, 1.807) is 4.90 Å². The van der Waals surface area contributed by atoms with Gasteiger partial charge >= 0.3 is 6.09 Å². The van der Waals surface area contributed by atoms with E-state index in [1.165, 1.54) is 12.7 Å². The average Bonchev–Trinajstić information content (AvgIpc) is 2.29. The van der Waals surface area contributed by atoms with Gasteiger partial charge in [-0.05, 0) is 33.6 Å². The number of allylic oxidation sites excluding steroid dienone is 1. The van der Waals surface area contributed by atoms with Gasteiger partial charge in [0, 0.05) is 6.04 Å². The molecule has 1 aliphatic rings. The summed E-state index contributed by atoms with van der Waals surface area (Å²) in [5.74, 6) is -0.139. The van der Waals surface area contributed by atoms with Gasteiger partial charge in [0.05, 0.1) is 25.1 Å². The third-order valence-electron chi connectivity index (χ3n) is 3.15. The second-order valence-electron chi connectivity index (χ2n) is 4.75. The van der Waals surface area contributed by atoms with Crippen LogP contribution < -0.4 is 0 Å². The molecule has 94 valence electrons. The van der Waals surface area contributed by atoms with Crippen LogP contribution in [0.3, 0.4) is 0 Å². The second-order valence-corrected chi connectivity index (χ2v) is 4.75. The summed E-state index contributed by atoms with van der Waals surface area (Å²) < 4.78 is 4.80. The van der Waals surface area contributed by atoms with Gasteiger partial charge in [0.1, 0.15) is 0 Å². The lowest BCUT2D eigenvalue weighted by Gasteiger charge is -2.37. The van der Waals surface area contributed by atoms with Crippen molar-refractivity contribution in [3.63, 3.8) is 0 Å². The smallest absolute Gasteiger partial charge is 0.410 e. The first-order chi connectivity index (χ1) is 8.01. The maximum atomic E-state index is 11.8. The Balaban J connectivity index is 3.02. The van der Waals surface area contributed by atoms with Crippen LogP contribution in [-0.4, -0.2) is 30.2 Å². The summed E-state index contributed by atoms with van der Waals surface area (Å²) >= 11 is 0. The highest BCUT2D eigenvalue weighted by Crippen LogP contribution is 2.28. The first-order valence-corrected chi connectivity index (χ1v) is 5.94. The molecule has 2 unspecified atom stereocenters. The van der Waals surface area contributed by atoms with E-state index in [0.717, 1.165) is 12.8 Å². The molecule has 0 fully saturated rings. The van der Waals surface area contributed by atoms with Crippen molar-refractivity contribution in [2.24, 2.45) is 5.92 Å². The molecule has 0 aromatic carbocycles. The molecule has 1 rings (SSSR count). The number of hydrogen-bond acceptors (Lipinski definition) is 3. The fraction of sp³-hybridized carbons (Fsp3) is 0.692. The van der Waals surface area contributed by atoms with Crippen LogP contribution in [-0.2, 0) is 4.74 Å². The molecule has 2 atom stereocenters. The normalized spacial score (nSPS) is 23.9. The van der Waals surface area contributed by atoms with Crippen molar-refractivity contribution in [3.05, 3.63) is 11.6 Å². The van der Waals surface area contributed by atoms with Gasteiger partial charge < -0.3 is 4.74 Å². The second kappa shape index (κ2) is 5.72. The van der Waals surface area contributed by atoms with Crippen molar-refractivity contribution >= 4 is 6.09 Å². The third-order valence-corrected chi connectivity index (χ3v) is 3.15. The quantitative estimate of drug-likeness (QED) is 0.693. The van der Waals surface area contributed by atoms with Gasteiger partial charge in [-0.3, -0.25) is 4.90 Å². The molecule has 0 aromatic heterocycles. The minimum absolute atomic E-state index is 0.0189. The van der Waals surface area contributed by atoms with E-state index in [1.807, 2.05) is 26.8 Å². The standard InChI is InChI=1S/C13H20N2O2/c1-9(2)15(13(16)17-4)12-7-10(3)5-6-11(12)8-14/h7,9,11-12H,5-6H2,1-4H3. The van der Waals surface area contributed by atoms with Gasteiger partial charge in [0.25, 0.3) is 0 Å². The minimum Gasteiger partial charge on any atom is -0.453 e. The fourth-order valence-electron chi connectivity index (χ4n) is 2.24. The predicted octanol–water partition coefficient (Wildman–Crippen LogP) is 2.71. The number of nitriles is 1. The molecule has 0 radical (unpaired) electrons. The van der Waals surface area contributed by atoms with Crippen molar-refractivity contribution in [2.45, 2.75) is 45.7 Å². The summed E-state index contributed by atoms with van der Waals surface area (Å²) in [7, 11) is 1.37. The summed E-state index contributed by atoms with van der Waals surface area (Å²) in [6.45, 7) is 5.91. The number of ether oxygens (including phenoxy) is 1. The molecular weight excluding hydrogens is 216 g/mol. The zero-order chi connectivity index (χ0) is 13.0. The Hall–Kier alpha value is -1.50. The molecule has 0 aliphatic heterocycles. The van der Waals surface area contributed by atoms with Crippen molar-refractivity contribution in [2.75, 3.05) is 7.11 Å². The predicted molar refractivity (Wildman–Crippen MR) is 65.3 cm³/mol. The Morgan fingerprint density at radius 3 is 2.76 bits per heavy atom. The SMILES string of the molecule is COC(=O)N(C(C)C)C1C=C(C)CCC1C#N. The molecule has 4 nitrogen and oxygen atoms in total. The molecule has 1 aliphatic carbocycles. The molecule has 0 saturated heterocycles. The lowest BCUT2D eigenvalue weighted by molar-refractivity contribution is 0.0881. The van der Waals surface area contributed by atoms with Crippen LogP contribution in [0.2, 0.25) is 0 Å². The van der Waals surface area contributed by atoms with Crippen LogP contribution in [0.25, 0.3) is 0 Å². The topological polar surface area (TPSA) is 53.3 Å². The molecule has 0 saturated carbocycles. The first-order valence-electron chi connectivity index (χ1n) is 5.94. The molecule has 0 N–H and O–H groups in total. The zero-order valence-electron chi connectivity index (χ0n) is 10.9. The molecule has 0 aromatic rings. The van der Waals surface area contributed by atoms with Crippen molar-refractivity contribution in [1.29, 1.82) is 5.26 Å². The van der Waals surface area contributed by atoms with Gasteiger partial charge in [0.15, 0.2) is 0 Å². The number of nitrogens with zero attached hydrogens (tertiary/aromatic N) is 2. The number of carbonyl (C=O) groups excluding carboxylic acids is 1. The monoisotopic (exact) mass is 236 g/mol. The summed E-state index contributed by atoms with van der Waals surface area (Å²) in [5.41, 5.74) is 1.23. The van der Waals surface area contributed by atoms with Crippen molar-refractivity contribution in [3.8, 4) is 6.07 Å². The third kappa shape index (κ3) is 3.00. The Morgan fingerprint density at radius 2 is 2.29 bits per heavy atom. The van der Waals surface area contributed by atoms with Crippen LogP contribution in [0, 0.1) is 17.2 Å². The molecule has 1 amide bonds. The molecule has 17 heavy (non-hydrogen) atoms. The Bertz CT molecular complexity index is 355. The van der Waals surface area contributed by atoms with Crippen LogP contribution in [0.4, 0.5) is 4.79 Å².